The van der Waals surface area contributed by atoms with Crippen LogP contribution < -0.4 is 0 Å². The minimum Gasteiger partial charge on any atom is -0.297 e. The maximum Gasteiger partial charge on any atom is 0.312 e. The van der Waals surface area contributed by atoms with Crippen molar-refractivity contribution in [3.05, 3.63) is 11.4 Å². The Balaban J connectivity index is 3.02. The van der Waals surface area contributed by atoms with Gasteiger partial charge in [0.05, 0.1) is 5.41 Å². The molecule has 0 N–H and O–H groups in total. The molecule has 1 atom stereocenters. The summed E-state index contributed by atoms with van der Waals surface area (Å²) in [5.41, 5.74) is -0.0249. The van der Waals surface area contributed by atoms with E-state index in [9.17, 15) is 5.26 Å². The van der Waals surface area contributed by atoms with Crippen molar-refractivity contribution in [2.75, 3.05) is 0 Å². The third-order valence-electron chi connectivity index (χ3n) is 5.21. The average Bonchev–Trinajstić information content (AvgIpc) is 2.51. The normalized spacial score (nSPS) is 18.2. The van der Waals surface area contributed by atoms with E-state index < -0.39 is 6.04 Å². The van der Waals surface area contributed by atoms with Crippen LogP contribution in [-0.4, -0.2) is 6.04 Å². The van der Waals surface area contributed by atoms with Gasteiger partial charge in [-0.15, -0.1) is 0 Å². The summed E-state index contributed by atoms with van der Waals surface area (Å²) in [7, 11) is 0. The maximum atomic E-state index is 9.53. The standard InChI is InChI=1S/C18H30N2/c1-4-6-13-18(14-7-5-2,17(15-19)20-3)16-11-9-8-10-12-16/h16-17H,4-14H2,1-2H3. The zero-order chi connectivity index (χ0) is 14.8. The fourth-order valence-electron chi connectivity index (χ4n) is 4.01. The maximum absolute atomic E-state index is 9.53. The molecule has 1 rings (SSSR count). The molecule has 112 valence electrons. The molecule has 1 saturated carbocycles. The third kappa shape index (κ3) is 3.99. The van der Waals surface area contributed by atoms with Gasteiger partial charge in [-0.05, 0) is 31.6 Å². The Kier molecular flexibility index (Phi) is 7.68. The smallest absolute Gasteiger partial charge is 0.297 e. The lowest BCUT2D eigenvalue weighted by molar-refractivity contribution is 0.0845. The molecule has 0 saturated heterocycles. The fraction of sp³-hybridized carbons (Fsp3) is 0.889. The van der Waals surface area contributed by atoms with Crippen molar-refractivity contribution in [2.24, 2.45) is 11.3 Å². The van der Waals surface area contributed by atoms with Gasteiger partial charge >= 0.3 is 6.04 Å². The molecule has 1 unspecified atom stereocenters. The van der Waals surface area contributed by atoms with Gasteiger partial charge in [-0.3, -0.25) is 4.85 Å². The molecule has 0 bridgehead atoms. The predicted octanol–water partition coefficient (Wildman–Crippen LogP) is 5.74. The van der Waals surface area contributed by atoms with Crippen molar-refractivity contribution in [3.63, 3.8) is 0 Å². The molecule has 0 aromatic heterocycles. The van der Waals surface area contributed by atoms with Crippen LogP contribution in [0, 0.1) is 29.2 Å². The minimum atomic E-state index is -0.427. The van der Waals surface area contributed by atoms with E-state index in [0.29, 0.717) is 5.92 Å². The first-order valence-electron chi connectivity index (χ1n) is 8.51. The summed E-state index contributed by atoms with van der Waals surface area (Å²) in [6, 6.07) is 1.93. The van der Waals surface area contributed by atoms with Crippen LogP contribution in [0.25, 0.3) is 4.85 Å². The molecule has 0 radical (unpaired) electrons. The van der Waals surface area contributed by atoms with Crippen molar-refractivity contribution >= 4 is 0 Å². The Morgan fingerprint density at radius 3 is 2.10 bits per heavy atom. The van der Waals surface area contributed by atoms with Crippen LogP contribution in [0.5, 0.6) is 0 Å². The predicted molar refractivity (Wildman–Crippen MR) is 84.1 cm³/mol. The second-order valence-electron chi connectivity index (χ2n) is 6.44. The van der Waals surface area contributed by atoms with Gasteiger partial charge in [0.1, 0.15) is 0 Å². The van der Waals surface area contributed by atoms with E-state index in [4.69, 9.17) is 6.57 Å². The van der Waals surface area contributed by atoms with Crippen LogP contribution in [0.3, 0.4) is 0 Å². The molecule has 0 aromatic rings. The van der Waals surface area contributed by atoms with E-state index >= 15 is 0 Å². The van der Waals surface area contributed by atoms with E-state index in [1.54, 1.807) is 0 Å². The Labute approximate surface area is 125 Å². The van der Waals surface area contributed by atoms with E-state index in [-0.39, 0.29) is 5.41 Å². The zero-order valence-electron chi connectivity index (χ0n) is 13.3. The molecule has 0 heterocycles. The summed E-state index contributed by atoms with van der Waals surface area (Å²) in [4.78, 5) is 3.75. The van der Waals surface area contributed by atoms with E-state index in [1.165, 1.54) is 32.1 Å². The van der Waals surface area contributed by atoms with E-state index in [0.717, 1.165) is 38.5 Å². The monoisotopic (exact) mass is 274 g/mol. The largest absolute Gasteiger partial charge is 0.312 e. The minimum absolute atomic E-state index is 0.0249. The lowest BCUT2D eigenvalue weighted by Gasteiger charge is -2.41. The van der Waals surface area contributed by atoms with Crippen molar-refractivity contribution < 1.29 is 0 Å². The fourth-order valence-corrected chi connectivity index (χ4v) is 4.01. The highest BCUT2D eigenvalue weighted by Crippen LogP contribution is 2.49. The molecule has 2 nitrogen and oxygen atoms in total. The van der Waals surface area contributed by atoms with Gasteiger partial charge in [0.2, 0.25) is 0 Å². The Hall–Kier alpha value is -1.02. The number of nitriles is 1. The van der Waals surface area contributed by atoms with Gasteiger partial charge in [-0.2, -0.15) is 5.26 Å². The first kappa shape index (κ1) is 17.0. The molecule has 0 spiro atoms. The summed E-state index contributed by atoms with van der Waals surface area (Å²) >= 11 is 0. The highest BCUT2D eigenvalue weighted by atomic mass is 14.8. The van der Waals surface area contributed by atoms with Crippen molar-refractivity contribution in [1.82, 2.24) is 0 Å². The SMILES string of the molecule is [C-]#[N+]C(C#N)C(CCCC)(CCCC)C1CCCCC1. The quantitative estimate of drug-likeness (QED) is 0.518. The van der Waals surface area contributed by atoms with Crippen molar-refractivity contribution in [2.45, 2.75) is 90.5 Å². The second kappa shape index (κ2) is 9.02. The number of unbranched alkanes of at least 4 members (excludes halogenated alkanes) is 2. The first-order chi connectivity index (χ1) is 9.75. The zero-order valence-corrected chi connectivity index (χ0v) is 13.3. The van der Waals surface area contributed by atoms with Crippen LogP contribution in [-0.2, 0) is 0 Å². The van der Waals surface area contributed by atoms with Gasteiger partial charge in [-0.25, -0.2) is 6.57 Å². The molecule has 2 heteroatoms. The highest BCUT2D eigenvalue weighted by Gasteiger charge is 2.48. The molecule has 0 amide bonds. The van der Waals surface area contributed by atoms with Gasteiger partial charge in [0, 0.05) is 0 Å². The molecule has 1 aliphatic rings. The number of rotatable bonds is 8. The summed E-state index contributed by atoms with van der Waals surface area (Å²) < 4.78 is 0. The molecule has 20 heavy (non-hydrogen) atoms. The van der Waals surface area contributed by atoms with Crippen LogP contribution in [0.4, 0.5) is 0 Å². The van der Waals surface area contributed by atoms with Gasteiger partial charge in [0.15, 0.2) is 6.07 Å². The Bertz CT molecular complexity index is 319. The molecule has 0 aromatic carbocycles. The Morgan fingerprint density at radius 2 is 1.70 bits per heavy atom. The molecule has 1 fully saturated rings. The first-order valence-corrected chi connectivity index (χ1v) is 8.51. The van der Waals surface area contributed by atoms with Crippen LogP contribution in [0.2, 0.25) is 0 Å². The summed E-state index contributed by atoms with van der Waals surface area (Å²) in [5.74, 6) is 0.605. The summed E-state index contributed by atoms with van der Waals surface area (Å²) in [6.45, 7) is 11.9. The highest BCUT2D eigenvalue weighted by molar-refractivity contribution is 5.12. The topological polar surface area (TPSA) is 28.1 Å². The van der Waals surface area contributed by atoms with Crippen molar-refractivity contribution in [1.29, 1.82) is 5.26 Å². The van der Waals surface area contributed by atoms with Gasteiger partial charge in [-0.1, -0.05) is 58.8 Å². The average molecular weight is 274 g/mol. The van der Waals surface area contributed by atoms with E-state index in [2.05, 4.69) is 24.8 Å². The summed E-state index contributed by atoms with van der Waals surface area (Å²) in [6.07, 6.45) is 13.2. The summed E-state index contributed by atoms with van der Waals surface area (Å²) in [5, 5.41) is 9.53. The Morgan fingerprint density at radius 1 is 1.15 bits per heavy atom. The number of hydrogen-bond acceptors (Lipinski definition) is 1. The van der Waals surface area contributed by atoms with Crippen LogP contribution in [0.15, 0.2) is 0 Å². The lowest BCUT2D eigenvalue weighted by Crippen LogP contribution is -2.41. The third-order valence-corrected chi connectivity index (χ3v) is 5.21. The second-order valence-corrected chi connectivity index (χ2v) is 6.44. The van der Waals surface area contributed by atoms with Gasteiger partial charge < -0.3 is 0 Å². The number of nitrogens with zero attached hydrogens (tertiary/aromatic N) is 2. The lowest BCUT2D eigenvalue weighted by atomic mass is 9.60. The van der Waals surface area contributed by atoms with Crippen LogP contribution in [0.1, 0.15) is 84.5 Å². The number of hydrogen-bond donors (Lipinski definition) is 0. The van der Waals surface area contributed by atoms with E-state index in [1.807, 2.05) is 0 Å². The van der Waals surface area contributed by atoms with Crippen LogP contribution >= 0.6 is 0 Å². The van der Waals surface area contributed by atoms with Gasteiger partial charge in [0.25, 0.3) is 0 Å². The molecule has 0 aliphatic heterocycles. The molecular weight excluding hydrogens is 244 g/mol. The van der Waals surface area contributed by atoms with Crippen molar-refractivity contribution in [3.8, 4) is 6.07 Å². The molecular formula is C18H30N2. The molecule has 1 aliphatic carbocycles.